The van der Waals surface area contributed by atoms with Crippen LogP contribution in [0.15, 0.2) is 30.0 Å². The molecule has 0 heterocycles. The topological polar surface area (TPSA) is 138 Å². The number of carboxylic acid groups (broad SMARTS) is 1. The molecule has 0 aliphatic heterocycles. The molecule has 0 fully saturated rings. The van der Waals surface area contributed by atoms with E-state index in [9.17, 15) is 25.2 Å². The zero-order valence-corrected chi connectivity index (χ0v) is 14.0. The van der Waals surface area contributed by atoms with Crippen LogP contribution in [0.25, 0.3) is 6.08 Å². The van der Waals surface area contributed by atoms with Crippen LogP contribution < -0.4 is 0 Å². The van der Waals surface area contributed by atoms with E-state index >= 15 is 0 Å². The first-order valence-corrected chi connectivity index (χ1v) is 7.93. The summed E-state index contributed by atoms with van der Waals surface area (Å²) in [5.41, 5.74) is -0.446. The molecule has 0 spiro atoms. The van der Waals surface area contributed by atoms with Gasteiger partial charge in [0.05, 0.1) is 12.2 Å². The molecule has 7 heteroatoms. The normalized spacial score (nSPS) is 14.6. The molecule has 1 aromatic carbocycles. The molecule has 25 heavy (non-hydrogen) atoms. The molecular weight excluding hydrogens is 328 g/mol. The van der Waals surface area contributed by atoms with Crippen molar-refractivity contribution in [3.05, 3.63) is 41.2 Å². The van der Waals surface area contributed by atoms with Crippen LogP contribution in [0.1, 0.15) is 48.5 Å². The highest BCUT2D eigenvalue weighted by Crippen LogP contribution is 2.28. The number of aromatic hydroxyl groups is 2. The summed E-state index contributed by atoms with van der Waals surface area (Å²) in [7, 11) is 0. The summed E-state index contributed by atoms with van der Waals surface area (Å²) < 4.78 is 0. The lowest BCUT2D eigenvalue weighted by Crippen LogP contribution is -2.14. The number of aliphatic hydroxyl groups is 3. The molecule has 6 N–H and O–H groups in total. The molecule has 1 aromatic rings. The maximum Gasteiger partial charge on any atom is 0.340 e. The first kappa shape index (κ1) is 20.5. The van der Waals surface area contributed by atoms with Gasteiger partial charge >= 0.3 is 5.97 Å². The largest absolute Gasteiger partial charge is 0.508 e. The Labute approximate surface area is 145 Å². The van der Waals surface area contributed by atoms with Gasteiger partial charge < -0.3 is 30.6 Å². The molecule has 0 bridgehead atoms. The molecule has 0 aliphatic carbocycles. The predicted molar refractivity (Wildman–Crippen MR) is 92.6 cm³/mol. The van der Waals surface area contributed by atoms with Crippen LogP contribution >= 0.6 is 0 Å². The number of phenols is 2. The predicted octanol–water partition coefficient (Wildman–Crippen LogP) is 2.55. The van der Waals surface area contributed by atoms with E-state index in [2.05, 4.69) is 0 Å². The Bertz CT molecular complexity index is 647. The molecule has 1 rings (SSSR count). The van der Waals surface area contributed by atoms with Gasteiger partial charge in [-0.15, -0.1) is 0 Å². The summed E-state index contributed by atoms with van der Waals surface area (Å²) in [5.74, 6) is -2.54. The van der Waals surface area contributed by atoms with Crippen molar-refractivity contribution < 1.29 is 35.4 Å². The van der Waals surface area contributed by atoms with Gasteiger partial charge in [-0.3, -0.25) is 0 Å². The van der Waals surface area contributed by atoms with E-state index in [-0.39, 0.29) is 17.1 Å². The van der Waals surface area contributed by atoms with Crippen molar-refractivity contribution in [1.82, 2.24) is 0 Å². The van der Waals surface area contributed by atoms with Gasteiger partial charge in [-0.05, 0) is 50.8 Å². The van der Waals surface area contributed by atoms with E-state index in [1.165, 1.54) is 6.08 Å². The quantitative estimate of drug-likeness (QED) is 0.228. The van der Waals surface area contributed by atoms with Gasteiger partial charge in [0.15, 0.2) is 0 Å². The molecule has 0 radical (unpaired) electrons. The average Bonchev–Trinajstić information content (AvgIpc) is 2.44. The minimum Gasteiger partial charge on any atom is -0.508 e. The molecule has 2 atom stereocenters. The summed E-state index contributed by atoms with van der Waals surface area (Å²) >= 11 is 0. The molecule has 0 saturated heterocycles. The van der Waals surface area contributed by atoms with Crippen molar-refractivity contribution in [2.75, 3.05) is 0 Å². The number of phenolic OH excluding ortho intramolecular Hbond substituents is 1. The van der Waals surface area contributed by atoms with E-state index < -0.39 is 29.5 Å². The van der Waals surface area contributed by atoms with E-state index in [1.54, 1.807) is 13.0 Å². The number of hydrogen-bond donors (Lipinski definition) is 6. The Hall–Kier alpha value is -2.51. The molecule has 7 nitrogen and oxygen atoms in total. The van der Waals surface area contributed by atoms with Crippen molar-refractivity contribution in [3.63, 3.8) is 0 Å². The van der Waals surface area contributed by atoms with Crippen LogP contribution in [0.4, 0.5) is 0 Å². The zero-order chi connectivity index (χ0) is 19.0. The van der Waals surface area contributed by atoms with Crippen molar-refractivity contribution in [1.29, 1.82) is 0 Å². The van der Waals surface area contributed by atoms with E-state index in [4.69, 9.17) is 10.2 Å². The Balaban J connectivity index is 2.68. The van der Waals surface area contributed by atoms with Crippen molar-refractivity contribution in [2.24, 2.45) is 0 Å². The highest BCUT2D eigenvalue weighted by Gasteiger charge is 2.16. The summed E-state index contributed by atoms with van der Waals surface area (Å²) in [6, 6.07) is 2.03. The van der Waals surface area contributed by atoms with E-state index in [1.807, 2.05) is 0 Å². The van der Waals surface area contributed by atoms with Gasteiger partial charge in [0, 0.05) is 11.6 Å². The fraction of sp³-hybridized carbons (Fsp3) is 0.389. The van der Waals surface area contributed by atoms with Crippen LogP contribution in [-0.2, 0) is 0 Å². The van der Waals surface area contributed by atoms with E-state index in [0.717, 1.165) is 18.2 Å². The maximum absolute atomic E-state index is 11.2. The summed E-state index contributed by atoms with van der Waals surface area (Å²) in [4.78, 5) is 11.2. The first-order valence-electron chi connectivity index (χ1n) is 7.93. The lowest BCUT2D eigenvalue weighted by atomic mass is 10.0. The fourth-order valence-electron chi connectivity index (χ4n) is 2.37. The molecule has 0 aliphatic rings. The molecule has 138 valence electrons. The Morgan fingerprint density at radius 1 is 1.20 bits per heavy atom. The number of unbranched alkanes of at least 4 members (excludes halogenated alkanes) is 1. The second-order valence-electron chi connectivity index (χ2n) is 5.88. The second kappa shape index (κ2) is 9.71. The van der Waals surface area contributed by atoms with Gasteiger partial charge in [0.25, 0.3) is 0 Å². The number of aromatic carboxylic acids is 1. The van der Waals surface area contributed by atoms with Gasteiger partial charge in [-0.2, -0.15) is 0 Å². The first-order chi connectivity index (χ1) is 11.7. The van der Waals surface area contributed by atoms with Crippen LogP contribution in [0.2, 0.25) is 0 Å². The van der Waals surface area contributed by atoms with Crippen LogP contribution in [0.3, 0.4) is 0 Å². The summed E-state index contributed by atoms with van der Waals surface area (Å²) in [6.45, 7) is 1.61. The highest BCUT2D eigenvalue weighted by molar-refractivity contribution is 5.95. The Morgan fingerprint density at radius 3 is 2.48 bits per heavy atom. The highest BCUT2D eigenvalue weighted by atomic mass is 16.4. The lowest BCUT2D eigenvalue weighted by Gasteiger charge is -2.11. The number of allylic oxidation sites excluding steroid dienone is 2. The fourth-order valence-corrected chi connectivity index (χ4v) is 2.37. The standard InChI is InChI=1S/C18H24O7/c1-11(19)7-13(20)5-3-2-4-6-14(21)8-12-9-15(22)10-16(23)17(12)18(24)25/h4,6,8-11,13,19-23H,2-3,5,7H2,1H3,(H,24,25)/b6-4+,14-8?. The van der Waals surface area contributed by atoms with E-state index in [0.29, 0.717) is 25.7 Å². The van der Waals surface area contributed by atoms with Gasteiger partial charge in [-0.1, -0.05) is 6.08 Å². The van der Waals surface area contributed by atoms with Crippen LogP contribution in [0.5, 0.6) is 11.5 Å². The van der Waals surface area contributed by atoms with Gasteiger partial charge in [-0.25, -0.2) is 4.79 Å². The number of carbonyl (C=O) groups is 1. The smallest absolute Gasteiger partial charge is 0.340 e. The number of hydrogen-bond acceptors (Lipinski definition) is 6. The average molecular weight is 352 g/mol. The molecule has 0 aromatic heterocycles. The van der Waals surface area contributed by atoms with Crippen LogP contribution in [0, 0.1) is 0 Å². The van der Waals surface area contributed by atoms with Crippen molar-refractivity contribution in [2.45, 2.75) is 44.8 Å². The second-order valence-corrected chi connectivity index (χ2v) is 5.88. The third kappa shape index (κ3) is 7.28. The number of carboxylic acids is 1. The molecular formula is C18H24O7. The minimum atomic E-state index is -1.38. The van der Waals surface area contributed by atoms with Gasteiger partial charge in [0.1, 0.15) is 22.8 Å². The molecule has 0 saturated carbocycles. The van der Waals surface area contributed by atoms with Gasteiger partial charge in [0.2, 0.25) is 0 Å². The molecule has 0 amide bonds. The lowest BCUT2D eigenvalue weighted by molar-refractivity contribution is 0.0693. The monoisotopic (exact) mass is 352 g/mol. The summed E-state index contributed by atoms with van der Waals surface area (Å²) in [6.07, 6.45) is 5.08. The van der Waals surface area contributed by atoms with Crippen LogP contribution in [-0.4, -0.2) is 48.8 Å². The maximum atomic E-state index is 11.2. The summed E-state index contributed by atoms with van der Waals surface area (Å²) in [5, 5.41) is 56.8. The van der Waals surface area contributed by atoms with Crippen molar-refractivity contribution in [3.8, 4) is 11.5 Å². The Kier molecular flexibility index (Phi) is 7.97. The number of aliphatic hydroxyl groups excluding tert-OH is 3. The third-order valence-corrected chi connectivity index (χ3v) is 3.46. The number of benzene rings is 1. The molecule has 2 unspecified atom stereocenters. The zero-order valence-electron chi connectivity index (χ0n) is 14.0. The number of rotatable bonds is 9. The minimum absolute atomic E-state index is 0.0282. The Morgan fingerprint density at radius 2 is 1.88 bits per heavy atom. The SMILES string of the molecule is CC(O)CC(O)CCC/C=C/C(O)=Cc1cc(O)cc(O)c1C(=O)O. The van der Waals surface area contributed by atoms with Crippen molar-refractivity contribution >= 4 is 12.0 Å². The third-order valence-electron chi connectivity index (χ3n) is 3.46.